The Bertz CT molecular complexity index is 1450. The number of likely N-dealkylation sites (tertiary alicyclic amines) is 1. The molecule has 4 rings (SSSR count). The molecular weight excluding hydrogens is 566 g/mol. The van der Waals surface area contributed by atoms with Crippen molar-refractivity contribution in [2.75, 3.05) is 39.1 Å². The second-order valence-electron chi connectivity index (χ2n) is 11.3. The van der Waals surface area contributed by atoms with Gasteiger partial charge in [-0.1, -0.05) is 51.0 Å². The molecule has 0 bridgehead atoms. The van der Waals surface area contributed by atoms with Crippen molar-refractivity contribution in [3.63, 3.8) is 0 Å². The Hall–Kier alpha value is -3.97. The SMILES string of the molecule is CCCCOc1nc(N)c2[nH]c(=O)n(C3CN(C(CCC)C(=O)NCc4ccc(CC(=O)OC)cc4)CCC3CCO)c2n1. The van der Waals surface area contributed by atoms with E-state index in [1.807, 2.05) is 31.2 Å². The summed E-state index contributed by atoms with van der Waals surface area (Å²) >= 11 is 0. The van der Waals surface area contributed by atoms with E-state index in [9.17, 15) is 19.5 Å². The van der Waals surface area contributed by atoms with Crippen LogP contribution < -0.4 is 21.5 Å². The molecule has 0 radical (unpaired) electrons. The van der Waals surface area contributed by atoms with Crippen LogP contribution in [0.15, 0.2) is 29.1 Å². The number of esters is 1. The van der Waals surface area contributed by atoms with Crippen molar-refractivity contribution in [1.29, 1.82) is 0 Å². The Morgan fingerprint density at radius 3 is 2.61 bits per heavy atom. The van der Waals surface area contributed by atoms with E-state index in [1.54, 1.807) is 4.57 Å². The molecule has 13 heteroatoms. The molecule has 3 aromatic rings. The smallest absolute Gasteiger partial charge is 0.328 e. The molecule has 0 saturated carbocycles. The number of aromatic amines is 1. The van der Waals surface area contributed by atoms with Gasteiger partial charge in [-0.3, -0.25) is 19.1 Å². The lowest BCUT2D eigenvalue weighted by molar-refractivity contribution is -0.139. The Morgan fingerprint density at radius 2 is 1.93 bits per heavy atom. The second-order valence-corrected chi connectivity index (χ2v) is 11.3. The molecule has 1 aliphatic rings. The minimum Gasteiger partial charge on any atom is -0.469 e. The first-order valence-corrected chi connectivity index (χ1v) is 15.5. The number of fused-ring (bicyclic) bond motifs is 1. The van der Waals surface area contributed by atoms with Crippen LogP contribution in [0.5, 0.6) is 6.01 Å². The van der Waals surface area contributed by atoms with Crippen LogP contribution in [-0.4, -0.2) is 80.9 Å². The van der Waals surface area contributed by atoms with Crippen LogP contribution in [0.4, 0.5) is 5.82 Å². The zero-order chi connectivity index (χ0) is 31.6. The summed E-state index contributed by atoms with van der Waals surface area (Å²) in [6, 6.07) is 6.85. The zero-order valence-electron chi connectivity index (χ0n) is 25.9. The molecule has 1 aliphatic heterocycles. The van der Waals surface area contributed by atoms with Gasteiger partial charge in [0.1, 0.15) is 5.52 Å². The number of imidazole rings is 1. The van der Waals surface area contributed by atoms with Gasteiger partial charge in [0, 0.05) is 19.7 Å². The lowest BCUT2D eigenvalue weighted by Gasteiger charge is -2.42. The van der Waals surface area contributed by atoms with Crippen LogP contribution in [0.2, 0.25) is 0 Å². The fourth-order valence-corrected chi connectivity index (χ4v) is 5.84. The number of nitrogens with one attached hydrogen (secondary N) is 2. The highest BCUT2D eigenvalue weighted by Crippen LogP contribution is 2.34. The van der Waals surface area contributed by atoms with Crippen LogP contribution in [0.3, 0.4) is 0 Å². The molecule has 5 N–H and O–H groups in total. The van der Waals surface area contributed by atoms with Gasteiger partial charge in [0.05, 0.1) is 32.2 Å². The van der Waals surface area contributed by atoms with E-state index in [2.05, 4.69) is 32.1 Å². The average molecular weight is 612 g/mol. The molecule has 0 aliphatic carbocycles. The number of piperidine rings is 1. The summed E-state index contributed by atoms with van der Waals surface area (Å²) in [5.74, 6) is -0.275. The van der Waals surface area contributed by atoms with Gasteiger partial charge in [0.15, 0.2) is 11.5 Å². The fraction of sp³-hybridized carbons (Fsp3) is 0.581. The summed E-state index contributed by atoms with van der Waals surface area (Å²) in [7, 11) is 1.36. The van der Waals surface area contributed by atoms with E-state index < -0.39 is 6.04 Å². The van der Waals surface area contributed by atoms with Crippen LogP contribution in [0.1, 0.15) is 69.5 Å². The number of benzene rings is 1. The summed E-state index contributed by atoms with van der Waals surface area (Å²) in [4.78, 5) is 52.2. The number of hydrogen-bond donors (Lipinski definition) is 4. The number of unbranched alkanes of at least 4 members (excludes halogenated alkanes) is 1. The fourth-order valence-electron chi connectivity index (χ4n) is 5.84. The Labute approximate surface area is 257 Å². The van der Waals surface area contributed by atoms with E-state index in [1.165, 1.54) is 7.11 Å². The molecule has 1 aromatic carbocycles. The maximum Gasteiger partial charge on any atom is 0.328 e. The van der Waals surface area contributed by atoms with E-state index >= 15 is 0 Å². The van der Waals surface area contributed by atoms with Crippen LogP contribution in [0.25, 0.3) is 11.2 Å². The largest absolute Gasteiger partial charge is 0.469 e. The van der Waals surface area contributed by atoms with Crippen molar-refractivity contribution < 1.29 is 24.2 Å². The molecule has 2 aromatic heterocycles. The first-order chi connectivity index (χ1) is 21.3. The number of carbonyl (C=O) groups excluding carboxylic acids is 2. The molecule has 3 unspecified atom stereocenters. The van der Waals surface area contributed by atoms with Gasteiger partial charge >= 0.3 is 17.7 Å². The van der Waals surface area contributed by atoms with Gasteiger partial charge in [-0.05, 0) is 49.3 Å². The monoisotopic (exact) mass is 611 g/mol. The maximum absolute atomic E-state index is 13.6. The number of rotatable bonds is 15. The minimum absolute atomic E-state index is 0.0116. The number of methoxy groups -OCH3 is 1. The standard InChI is InChI=1S/C31H45N7O6/c1-4-6-16-44-30-35-27(32)26-28(36-30)38(31(42)34-26)24-19-37(14-12-22(24)13-15-39)23(7-5-2)29(41)33-18-21-10-8-20(9-11-21)17-25(40)43-3/h8-11,22-24,39H,4-7,12-19H2,1-3H3,(H,33,41)(H,34,42)(H2,32,35,36). The molecule has 3 atom stereocenters. The number of nitrogens with two attached hydrogens (primary N) is 1. The van der Waals surface area contributed by atoms with Gasteiger partial charge in [0.2, 0.25) is 5.91 Å². The predicted molar refractivity (Wildman–Crippen MR) is 166 cm³/mol. The normalized spacial score (nSPS) is 17.8. The summed E-state index contributed by atoms with van der Waals surface area (Å²) in [6.45, 7) is 5.94. The minimum atomic E-state index is -0.398. The molecule has 1 saturated heterocycles. The summed E-state index contributed by atoms with van der Waals surface area (Å²) < 4.78 is 12.0. The van der Waals surface area contributed by atoms with Crippen LogP contribution in [0, 0.1) is 5.92 Å². The molecular formula is C31H45N7O6. The van der Waals surface area contributed by atoms with Gasteiger partial charge < -0.3 is 30.6 Å². The number of aliphatic hydroxyl groups excluding tert-OH is 1. The number of amides is 1. The molecule has 3 heterocycles. The van der Waals surface area contributed by atoms with Crippen LogP contribution in [-0.2, 0) is 27.3 Å². The van der Waals surface area contributed by atoms with Gasteiger partial charge in [0.25, 0.3) is 0 Å². The van der Waals surface area contributed by atoms with Crippen molar-refractivity contribution >= 4 is 28.9 Å². The summed E-state index contributed by atoms with van der Waals surface area (Å²) in [5, 5.41) is 12.9. The number of aromatic nitrogens is 4. The van der Waals surface area contributed by atoms with E-state index in [4.69, 9.17) is 15.2 Å². The molecule has 13 nitrogen and oxygen atoms in total. The molecule has 240 valence electrons. The van der Waals surface area contributed by atoms with Crippen LogP contribution >= 0.6 is 0 Å². The van der Waals surface area contributed by atoms with Crippen molar-refractivity contribution in [2.24, 2.45) is 5.92 Å². The van der Waals surface area contributed by atoms with Crippen molar-refractivity contribution in [3.8, 4) is 6.01 Å². The number of nitrogens with zero attached hydrogens (tertiary/aromatic N) is 4. The predicted octanol–water partition coefficient (Wildman–Crippen LogP) is 2.33. The molecule has 44 heavy (non-hydrogen) atoms. The number of aliphatic hydroxyl groups is 1. The van der Waals surface area contributed by atoms with E-state index in [-0.39, 0.29) is 54.4 Å². The van der Waals surface area contributed by atoms with Crippen molar-refractivity contribution in [1.82, 2.24) is 29.7 Å². The van der Waals surface area contributed by atoms with E-state index in [0.717, 1.165) is 30.4 Å². The van der Waals surface area contributed by atoms with Gasteiger partial charge in [-0.15, -0.1) is 0 Å². The lowest BCUT2D eigenvalue weighted by Crippen LogP contribution is -2.53. The Morgan fingerprint density at radius 1 is 1.18 bits per heavy atom. The Balaban J connectivity index is 1.54. The number of nitrogen functional groups attached to an aromatic ring is 1. The number of hydrogen-bond acceptors (Lipinski definition) is 10. The first-order valence-electron chi connectivity index (χ1n) is 15.5. The van der Waals surface area contributed by atoms with Crippen molar-refractivity contribution in [2.45, 2.75) is 77.4 Å². The van der Waals surface area contributed by atoms with Gasteiger partial charge in [-0.25, -0.2) is 4.79 Å². The molecule has 1 fully saturated rings. The van der Waals surface area contributed by atoms with E-state index in [0.29, 0.717) is 56.7 Å². The lowest BCUT2D eigenvalue weighted by atomic mass is 9.87. The number of ether oxygens (including phenoxy) is 2. The maximum atomic E-state index is 13.6. The summed E-state index contributed by atoms with van der Waals surface area (Å²) in [6.07, 6.45) is 4.63. The Kier molecular flexibility index (Phi) is 11.7. The highest BCUT2D eigenvalue weighted by molar-refractivity contribution is 5.82. The molecule has 0 spiro atoms. The van der Waals surface area contributed by atoms with Crippen molar-refractivity contribution in [3.05, 3.63) is 45.9 Å². The number of anilines is 1. The topological polar surface area (TPSA) is 178 Å². The average Bonchev–Trinajstić information content (AvgIpc) is 3.36. The third kappa shape index (κ3) is 7.94. The number of carbonyl (C=O) groups is 2. The first kappa shape index (κ1) is 32.9. The highest BCUT2D eigenvalue weighted by Gasteiger charge is 2.37. The third-order valence-electron chi connectivity index (χ3n) is 8.26. The summed E-state index contributed by atoms with van der Waals surface area (Å²) in [5.41, 5.74) is 8.29. The highest BCUT2D eigenvalue weighted by atomic mass is 16.5. The quantitative estimate of drug-likeness (QED) is 0.147. The number of H-pyrrole nitrogens is 1. The second kappa shape index (κ2) is 15.7. The third-order valence-corrected chi connectivity index (χ3v) is 8.26. The van der Waals surface area contributed by atoms with Gasteiger partial charge in [-0.2, -0.15) is 9.97 Å². The molecule has 1 amide bonds. The zero-order valence-corrected chi connectivity index (χ0v) is 25.9.